The maximum atomic E-state index is 12.3. The fourth-order valence-electron chi connectivity index (χ4n) is 3.61. The van der Waals surface area contributed by atoms with Crippen molar-refractivity contribution in [3.8, 4) is 0 Å². The van der Waals surface area contributed by atoms with Gasteiger partial charge in [0, 0.05) is 18.7 Å². The number of aliphatic hydroxyl groups is 1. The highest BCUT2D eigenvalue weighted by Gasteiger charge is 2.52. The zero-order valence-electron chi connectivity index (χ0n) is 11.8. The van der Waals surface area contributed by atoms with Crippen LogP contribution >= 0.6 is 11.8 Å². The van der Waals surface area contributed by atoms with Crippen LogP contribution in [0.15, 0.2) is 0 Å². The first-order valence-electron chi connectivity index (χ1n) is 7.41. The van der Waals surface area contributed by atoms with Gasteiger partial charge in [0.15, 0.2) is 0 Å². The summed E-state index contributed by atoms with van der Waals surface area (Å²) in [5.74, 6) is 1.15. The zero-order valence-corrected chi connectivity index (χ0v) is 12.6. The molecule has 0 spiro atoms. The van der Waals surface area contributed by atoms with Gasteiger partial charge >= 0.3 is 0 Å². The summed E-state index contributed by atoms with van der Waals surface area (Å²) in [5, 5.41) is 12.5. The molecule has 2 aliphatic heterocycles. The van der Waals surface area contributed by atoms with E-state index in [2.05, 4.69) is 12.2 Å². The van der Waals surface area contributed by atoms with Crippen molar-refractivity contribution < 1.29 is 14.7 Å². The largest absolute Gasteiger partial charge is 0.393 e. The predicted octanol–water partition coefficient (Wildman–Crippen LogP) is 0.718. The molecule has 0 aromatic heterocycles. The van der Waals surface area contributed by atoms with Crippen LogP contribution < -0.4 is 5.32 Å². The summed E-state index contributed by atoms with van der Waals surface area (Å²) >= 11 is 1.72. The molecule has 0 radical (unpaired) electrons. The fraction of sp³-hybridized carbons (Fsp3) is 0.857. The van der Waals surface area contributed by atoms with Gasteiger partial charge in [-0.25, -0.2) is 0 Å². The molecule has 4 unspecified atom stereocenters. The lowest BCUT2D eigenvalue weighted by molar-refractivity contribution is -0.138. The molecule has 6 heteroatoms. The van der Waals surface area contributed by atoms with Crippen LogP contribution in [0.5, 0.6) is 0 Å². The van der Waals surface area contributed by atoms with E-state index in [0.29, 0.717) is 24.6 Å². The van der Waals surface area contributed by atoms with Crippen LogP contribution in [0.3, 0.4) is 0 Å². The number of nitrogens with zero attached hydrogens (tertiary/aromatic N) is 1. The minimum atomic E-state index is -0.314. The number of nitrogens with one attached hydrogen (secondary N) is 1. The molecule has 0 aromatic rings. The van der Waals surface area contributed by atoms with Gasteiger partial charge < -0.3 is 15.3 Å². The lowest BCUT2D eigenvalue weighted by atomic mass is 10.1. The maximum Gasteiger partial charge on any atom is 0.243 e. The number of carbonyl (C=O) groups excluding carboxylic acids is 2. The normalized spacial score (nSPS) is 40.2. The average molecular weight is 298 g/mol. The number of thioether (sulfide) groups is 1. The Labute approximate surface area is 123 Å². The van der Waals surface area contributed by atoms with E-state index < -0.39 is 0 Å². The predicted molar refractivity (Wildman–Crippen MR) is 77.1 cm³/mol. The molecule has 2 amide bonds. The van der Waals surface area contributed by atoms with Gasteiger partial charge in [0.25, 0.3) is 0 Å². The summed E-state index contributed by atoms with van der Waals surface area (Å²) in [6, 6.07) is -0.314. The van der Waals surface area contributed by atoms with Gasteiger partial charge in [-0.2, -0.15) is 0 Å². The van der Waals surface area contributed by atoms with Crippen molar-refractivity contribution in [2.24, 2.45) is 5.92 Å². The summed E-state index contributed by atoms with van der Waals surface area (Å²) in [5.41, 5.74) is 0. The topological polar surface area (TPSA) is 69.6 Å². The molecule has 3 fully saturated rings. The number of fused-ring (bicyclic) bond motifs is 1. The first-order chi connectivity index (χ1) is 9.49. The van der Waals surface area contributed by atoms with Crippen molar-refractivity contribution in [3.63, 3.8) is 0 Å². The van der Waals surface area contributed by atoms with E-state index in [1.807, 2.05) is 0 Å². The van der Waals surface area contributed by atoms with Gasteiger partial charge in [0.05, 0.1) is 11.0 Å². The first-order valence-corrected chi connectivity index (χ1v) is 8.40. The highest BCUT2D eigenvalue weighted by molar-refractivity contribution is 8.01. The lowest BCUT2D eigenvalue weighted by Crippen LogP contribution is -2.50. The van der Waals surface area contributed by atoms with Gasteiger partial charge in [0.2, 0.25) is 11.8 Å². The second-order valence-electron chi connectivity index (χ2n) is 6.34. The van der Waals surface area contributed by atoms with Crippen LogP contribution in [-0.2, 0) is 9.59 Å². The van der Waals surface area contributed by atoms with Crippen LogP contribution in [0.2, 0.25) is 0 Å². The van der Waals surface area contributed by atoms with Gasteiger partial charge in [0.1, 0.15) is 6.04 Å². The minimum Gasteiger partial charge on any atom is -0.393 e. The van der Waals surface area contributed by atoms with E-state index in [4.69, 9.17) is 0 Å². The van der Waals surface area contributed by atoms with E-state index in [1.54, 1.807) is 16.7 Å². The standard InChI is InChI=1S/C14H22N2O3S/c1-14-5-4-12(18)16(14)11(8-20-14)13(19)15-7-9-2-3-10(17)6-9/h9-11,17H,2-8H2,1H3,(H,15,19). The summed E-state index contributed by atoms with van der Waals surface area (Å²) in [6.07, 6.45) is 3.78. The molecule has 3 rings (SSSR count). The minimum absolute atomic E-state index is 0.0298. The third-order valence-electron chi connectivity index (χ3n) is 4.83. The molecule has 1 aliphatic carbocycles. The maximum absolute atomic E-state index is 12.3. The number of aliphatic hydroxyl groups excluding tert-OH is 1. The second kappa shape index (κ2) is 5.22. The van der Waals surface area contributed by atoms with E-state index in [0.717, 1.165) is 25.7 Å². The molecule has 4 atom stereocenters. The third kappa shape index (κ3) is 2.44. The smallest absolute Gasteiger partial charge is 0.243 e. The number of hydrogen-bond acceptors (Lipinski definition) is 4. The molecular weight excluding hydrogens is 276 g/mol. The fourth-order valence-corrected chi connectivity index (χ4v) is 5.04. The molecule has 5 nitrogen and oxygen atoms in total. The van der Waals surface area contributed by atoms with E-state index in [9.17, 15) is 14.7 Å². The Kier molecular flexibility index (Phi) is 3.71. The van der Waals surface area contributed by atoms with Crippen molar-refractivity contribution in [3.05, 3.63) is 0 Å². The van der Waals surface area contributed by atoms with Crippen molar-refractivity contribution in [2.75, 3.05) is 12.3 Å². The van der Waals surface area contributed by atoms with E-state index >= 15 is 0 Å². The third-order valence-corrected chi connectivity index (χ3v) is 6.33. The summed E-state index contributed by atoms with van der Waals surface area (Å²) < 4.78 is 0. The number of amides is 2. The van der Waals surface area contributed by atoms with Crippen LogP contribution in [0.25, 0.3) is 0 Å². The molecular formula is C14H22N2O3S. The molecule has 2 heterocycles. The Hall–Kier alpha value is -0.750. The van der Waals surface area contributed by atoms with Crippen molar-refractivity contribution >= 4 is 23.6 Å². The molecule has 2 saturated heterocycles. The first kappa shape index (κ1) is 14.2. The molecule has 112 valence electrons. The summed E-state index contributed by atoms with van der Waals surface area (Å²) in [4.78, 5) is 25.9. The lowest BCUT2D eigenvalue weighted by Gasteiger charge is -2.30. The molecule has 0 aromatic carbocycles. The number of rotatable bonds is 3. The van der Waals surface area contributed by atoms with Crippen molar-refractivity contribution in [2.45, 2.75) is 56.0 Å². The van der Waals surface area contributed by atoms with Gasteiger partial charge in [-0.1, -0.05) is 0 Å². The van der Waals surface area contributed by atoms with Crippen LogP contribution in [0, 0.1) is 5.92 Å². The van der Waals surface area contributed by atoms with E-state index in [-0.39, 0.29) is 28.8 Å². The quantitative estimate of drug-likeness (QED) is 0.805. The summed E-state index contributed by atoms with van der Waals surface area (Å²) in [6.45, 7) is 2.68. The molecule has 3 aliphatic rings. The van der Waals surface area contributed by atoms with Gasteiger partial charge in [-0.3, -0.25) is 9.59 Å². The van der Waals surface area contributed by atoms with Crippen LogP contribution in [-0.4, -0.2) is 51.1 Å². The SMILES string of the molecule is CC12CCC(=O)N1C(C(=O)NCC1CCC(O)C1)CS2. The van der Waals surface area contributed by atoms with Crippen LogP contribution in [0.4, 0.5) is 0 Å². The highest BCUT2D eigenvalue weighted by Crippen LogP contribution is 2.47. The van der Waals surface area contributed by atoms with E-state index in [1.165, 1.54) is 0 Å². The summed E-state index contributed by atoms with van der Waals surface area (Å²) in [7, 11) is 0. The Bertz CT molecular complexity index is 431. The van der Waals surface area contributed by atoms with Crippen molar-refractivity contribution in [1.29, 1.82) is 0 Å². The monoisotopic (exact) mass is 298 g/mol. The molecule has 1 saturated carbocycles. The zero-order chi connectivity index (χ0) is 14.3. The van der Waals surface area contributed by atoms with Gasteiger partial charge in [-0.15, -0.1) is 11.8 Å². The number of hydrogen-bond donors (Lipinski definition) is 2. The Morgan fingerprint density at radius 3 is 3.05 bits per heavy atom. The average Bonchev–Trinajstić information content (AvgIpc) is 3.04. The highest BCUT2D eigenvalue weighted by atomic mass is 32.2. The Morgan fingerprint density at radius 1 is 1.55 bits per heavy atom. The molecule has 2 N–H and O–H groups in total. The van der Waals surface area contributed by atoms with Crippen molar-refractivity contribution in [1.82, 2.24) is 10.2 Å². The number of carbonyl (C=O) groups is 2. The van der Waals surface area contributed by atoms with Gasteiger partial charge in [-0.05, 0) is 38.5 Å². The Morgan fingerprint density at radius 2 is 2.35 bits per heavy atom. The van der Waals surface area contributed by atoms with Crippen LogP contribution in [0.1, 0.15) is 39.0 Å². The molecule has 0 bridgehead atoms. The molecule has 20 heavy (non-hydrogen) atoms. The Balaban J connectivity index is 1.56. The second-order valence-corrected chi connectivity index (χ2v) is 7.85.